The number of nitrogens with zero attached hydrogens (tertiary/aromatic N) is 3. The third kappa shape index (κ3) is 4.57. The van der Waals surface area contributed by atoms with Gasteiger partial charge in [0.25, 0.3) is 0 Å². The predicted molar refractivity (Wildman–Crippen MR) is 104 cm³/mol. The maximum absolute atomic E-state index is 11.8. The highest BCUT2D eigenvalue weighted by Crippen LogP contribution is 2.33. The monoisotopic (exact) mass is 401 g/mol. The second-order valence-corrected chi connectivity index (χ2v) is 7.96. The van der Waals surface area contributed by atoms with Crippen LogP contribution in [0.5, 0.6) is 11.5 Å². The lowest BCUT2D eigenvalue weighted by Crippen LogP contribution is -2.44. The number of carbonyl (C=O) groups excluding carboxylic acids is 1. The van der Waals surface area contributed by atoms with Crippen molar-refractivity contribution >= 4 is 6.09 Å². The number of carbonyl (C=O) groups is 1. The van der Waals surface area contributed by atoms with Gasteiger partial charge >= 0.3 is 6.09 Å². The minimum atomic E-state index is -0.309. The van der Waals surface area contributed by atoms with Gasteiger partial charge < -0.3 is 19.3 Å². The van der Waals surface area contributed by atoms with Crippen molar-refractivity contribution in [1.82, 2.24) is 9.80 Å². The molecule has 0 aromatic heterocycles. The quantitative estimate of drug-likeness (QED) is 0.774. The summed E-state index contributed by atoms with van der Waals surface area (Å²) in [5, 5.41) is 18.4. The summed E-state index contributed by atoms with van der Waals surface area (Å²) < 4.78 is 16.9. The van der Waals surface area contributed by atoms with Crippen LogP contribution in [0.2, 0.25) is 0 Å². The lowest BCUT2D eigenvalue weighted by atomic mass is 9.93. The SMILES string of the molecule is N#Cc1ccc2c(c1)O[C@@H](CN1CCC(CCN3C(=O)OC[C@@H]3CO)CC1)CO2. The number of aliphatic hydroxyl groups excluding tert-OH is 1. The number of nitriles is 1. The van der Waals surface area contributed by atoms with E-state index in [1.807, 2.05) is 0 Å². The number of cyclic esters (lactones) is 1. The summed E-state index contributed by atoms with van der Waals surface area (Å²) in [5.41, 5.74) is 0.569. The molecule has 3 heterocycles. The minimum Gasteiger partial charge on any atom is -0.486 e. The van der Waals surface area contributed by atoms with Crippen molar-refractivity contribution in [3.63, 3.8) is 0 Å². The van der Waals surface area contributed by atoms with Gasteiger partial charge in [0.05, 0.1) is 24.3 Å². The van der Waals surface area contributed by atoms with Gasteiger partial charge in [-0.05, 0) is 50.4 Å². The first kappa shape index (κ1) is 19.8. The van der Waals surface area contributed by atoms with Crippen LogP contribution in [-0.4, -0.2) is 79.1 Å². The molecule has 2 saturated heterocycles. The van der Waals surface area contributed by atoms with E-state index < -0.39 is 0 Å². The Morgan fingerprint density at radius 1 is 1.17 bits per heavy atom. The van der Waals surface area contributed by atoms with Gasteiger partial charge in [-0.1, -0.05) is 0 Å². The fourth-order valence-corrected chi connectivity index (χ4v) is 4.26. The largest absolute Gasteiger partial charge is 0.486 e. The van der Waals surface area contributed by atoms with Gasteiger partial charge in [-0.2, -0.15) is 5.26 Å². The zero-order valence-electron chi connectivity index (χ0n) is 16.5. The summed E-state index contributed by atoms with van der Waals surface area (Å²) in [5.74, 6) is 1.91. The molecular weight excluding hydrogens is 374 g/mol. The van der Waals surface area contributed by atoms with Crippen molar-refractivity contribution in [2.75, 3.05) is 46.0 Å². The zero-order chi connectivity index (χ0) is 20.2. The fourth-order valence-electron chi connectivity index (χ4n) is 4.26. The Bertz CT molecular complexity index is 772. The standard InChI is InChI=1S/C21H27N3O5/c22-10-16-1-2-19-20(9-16)29-18(14-27-19)11-23-6-3-15(4-7-23)5-8-24-17(12-25)13-28-21(24)26/h1-2,9,15,17-18,25H,3-8,11-14H2/t17-,18-/m0/s1. The number of ether oxygens (including phenoxy) is 3. The van der Waals surface area contributed by atoms with Crippen molar-refractivity contribution in [2.45, 2.75) is 31.4 Å². The Morgan fingerprint density at radius 2 is 2.00 bits per heavy atom. The van der Waals surface area contributed by atoms with Crippen LogP contribution in [0.3, 0.4) is 0 Å². The van der Waals surface area contributed by atoms with Gasteiger partial charge in [0.1, 0.15) is 19.3 Å². The summed E-state index contributed by atoms with van der Waals surface area (Å²) in [6, 6.07) is 7.18. The molecule has 1 N–H and O–H groups in total. The molecule has 1 aromatic rings. The molecule has 0 aliphatic carbocycles. The number of hydrogen-bond acceptors (Lipinski definition) is 7. The minimum absolute atomic E-state index is 0.0438. The molecular formula is C21H27N3O5. The van der Waals surface area contributed by atoms with Gasteiger partial charge in [0, 0.05) is 19.2 Å². The fraction of sp³-hybridized carbons (Fsp3) is 0.619. The van der Waals surface area contributed by atoms with Crippen LogP contribution >= 0.6 is 0 Å². The number of likely N-dealkylation sites (tertiary alicyclic amines) is 1. The van der Waals surface area contributed by atoms with E-state index in [2.05, 4.69) is 11.0 Å². The van der Waals surface area contributed by atoms with Gasteiger partial charge in [0.2, 0.25) is 0 Å². The molecule has 8 nitrogen and oxygen atoms in total. The lowest BCUT2D eigenvalue weighted by Gasteiger charge is -2.36. The van der Waals surface area contributed by atoms with Crippen LogP contribution in [-0.2, 0) is 4.74 Å². The first-order valence-electron chi connectivity index (χ1n) is 10.3. The number of fused-ring (bicyclic) bond motifs is 1. The first-order valence-corrected chi connectivity index (χ1v) is 10.3. The molecule has 2 atom stereocenters. The molecule has 0 saturated carbocycles. The average molecular weight is 401 g/mol. The number of benzene rings is 1. The molecule has 0 unspecified atom stereocenters. The van der Waals surface area contributed by atoms with E-state index >= 15 is 0 Å². The molecule has 156 valence electrons. The molecule has 3 aliphatic heterocycles. The molecule has 2 fully saturated rings. The molecule has 8 heteroatoms. The summed E-state index contributed by atoms with van der Waals surface area (Å²) in [7, 11) is 0. The van der Waals surface area contributed by atoms with Crippen LogP contribution < -0.4 is 9.47 Å². The smallest absolute Gasteiger partial charge is 0.410 e. The Labute approximate surface area is 170 Å². The summed E-state index contributed by atoms with van der Waals surface area (Å²) in [6.45, 7) is 4.18. The molecule has 1 aromatic carbocycles. The normalized spacial score (nSPS) is 25.0. The molecule has 29 heavy (non-hydrogen) atoms. The van der Waals surface area contributed by atoms with Crippen LogP contribution in [0, 0.1) is 17.2 Å². The van der Waals surface area contributed by atoms with Crippen LogP contribution in [0.1, 0.15) is 24.8 Å². The molecule has 0 radical (unpaired) electrons. The molecule has 4 rings (SSSR count). The van der Waals surface area contributed by atoms with Gasteiger partial charge in [-0.25, -0.2) is 4.79 Å². The Kier molecular flexibility index (Phi) is 6.07. The summed E-state index contributed by atoms with van der Waals surface area (Å²) >= 11 is 0. The van der Waals surface area contributed by atoms with Crippen molar-refractivity contribution in [1.29, 1.82) is 5.26 Å². The van der Waals surface area contributed by atoms with Crippen molar-refractivity contribution in [2.24, 2.45) is 5.92 Å². The molecule has 0 bridgehead atoms. The van der Waals surface area contributed by atoms with E-state index in [0.717, 1.165) is 38.9 Å². The Hall–Kier alpha value is -2.50. The first-order chi connectivity index (χ1) is 14.2. The average Bonchev–Trinajstić information content (AvgIpc) is 3.12. The summed E-state index contributed by atoms with van der Waals surface area (Å²) in [6.07, 6.45) is 2.74. The van der Waals surface area contributed by atoms with Gasteiger partial charge in [-0.15, -0.1) is 0 Å². The third-order valence-electron chi connectivity index (χ3n) is 6.02. The topological polar surface area (TPSA) is 95.3 Å². The Morgan fingerprint density at radius 3 is 2.76 bits per heavy atom. The zero-order valence-corrected chi connectivity index (χ0v) is 16.5. The number of amides is 1. The second-order valence-electron chi connectivity index (χ2n) is 7.96. The Balaban J connectivity index is 1.21. The van der Waals surface area contributed by atoms with Crippen LogP contribution in [0.25, 0.3) is 0 Å². The lowest BCUT2D eigenvalue weighted by molar-refractivity contribution is 0.0464. The highest BCUT2D eigenvalue weighted by atomic mass is 16.6. The highest BCUT2D eigenvalue weighted by Gasteiger charge is 2.33. The van der Waals surface area contributed by atoms with E-state index in [1.165, 1.54) is 0 Å². The van der Waals surface area contributed by atoms with E-state index in [4.69, 9.17) is 19.5 Å². The van der Waals surface area contributed by atoms with E-state index in [1.54, 1.807) is 23.1 Å². The van der Waals surface area contributed by atoms with Gasteiger partial charge in [0.15, 0.2) is 11.5 Å². The third-order valence-corrected chi connectivity index (χ3v) is 6.02. The second kappa shape index (κ2) is 8.89. The number of hydrogen-bond donors (Lipinski definition) is 1. The van der Waals surface area contributed by atoms with Crippen LogP contribution in [0.15, 0.2) is 18.2 Å². The van der Waals surface area contributed by atoms with E-state index in [0.29, 0.717) is 36.1 Å². The van der Waals surface area contributed by atoms with Crippen molar-refractivity contribution in [3.05, 3.63) is 23.8 Å². The highest BCUT2D eigenvalue weighted by molar-refractivity contribution is 5.70. The maximum Gasteiger partial charge on any atom is 0.410 e. The summed E-state index contributed by atoms with van der Waals surface area (Å²) in [4.78, 5) is 15.8. The number of piperidine rings is 1. The maximum atomic E-state index is 11.8. The van der Waals surface area contributed by atoms with E-state index in [-0.39, 0.29) is 31.5 Å². The molecule has 3 aliphatic rings. The predicted octanol–water partition coefficient (Wildman–Crippen LogP) is 1.61. The molecule has 0 spiro atoms. The molecule has 1 amide bonds. The van der Waals surface area contributed by atoms with Gasteiger partial charge in [-0.3, -0.25) is 9.80 Å². The van der Waals surface area contributed by atoms with E-state index in [9.17, 15) is 9.90 Å². The van der Waals surface area contributed by atoms with Crippen molar-refractivity contribution < 1.29 is 24.1 Å². The van der Waals surface area contributed by atoms with Crippen LogP contribution in [0.4, 0.5) is 4.79 Å². The number of aliphatic hydroxyl groups is 1. The number of rotatable bonds is 6. The van der Waals surface area contributed by atoms with Crippen molar-refractivity contribution in [3.8, 4) is 17.6 Å².